The molecule has 0 bridgehead atoms. The van der Waals surface area contributed by atoms with Crippen LogP contribution in [0, 0.1) is 69.0 Å². The quantitative estimate of drug-likeness (QED) is 0.231. The number of carbonyl (C=O) groups is 4. The summed E-state index contributed by atoms with van der Waals surface area (Å²) in [6.07, 6.45) is 20.6. The van der Waals surface area contributed by atoms with Crippen LogP contribution in [-0.2, 0) is 9.59 Å². The van der Waals surface area contributed by atoms with Gasteiger partial charge in [-0.1, -0.05) is 70.2 Å². The Balaban J connectivity index is 0.000000162. The topological polar surface area (TPSA) is 123 Å². The summed E-state index contributed by atoms with van der Waals surface area (Å²) in [6.45, 7) is 11.4. The van der Waals surface area contributed by atoms with Gasteiger partial charge < -0.3 is 31.1 Å². The molecule has 2 aromatic rings. The molecule has 64 heavy (non-hydrogen) atoms. The van der Waals surface area contributed by atoms with E-state index in [9.17, 15) is 19.2 Å². The average Bonchev–Trinajstić information content (AvgIpc) is 3.81. The van der Waals surface area contributed by atoms with Gasteiger partial charge in [-0.3, -0.25) is 9.59 Å². The number of nitrogens with zero attached hydrogens (tertiary/aromatic N) is 2. The maximum atomic E-state index is 12.5. The van der Waals surface area contributed by atoms with Gasteiger partial charge in [0, 0.05) is 62.5 Å². The third-order valence-corrected chi connectivity index (χ3v) is 20.2. The van der Waals surface area contributed by atoms with E-state index in [0.717, 1.165) is 79.7 Å². The van der Waals surface area contributed by atoms with Gasteiger partial charge in [0.15, 0.2) is 0 Å². The lowest BCUT2D eigenvalue weighted by Gasteiger charge is -2.61. The van der Waals surface area contributed by atoms with Crippen molar-refractivity contribution in [2.45, 2.75) is 130 Å². The number of hydrogen-bond donors (Lipinski definition) is 4. The molecule has 4 N–H and O–H groups in total. The van der Waals surface area contributed by atoms with Crippen molar-refractivity contribution in [3.8, 4) is 0 Å². The fraction of sp³-hybridized carbons (Fsp3) is 0.667. The summed E-state index contributed by atoms with van der Waals surface area (Å²) in [7, 11) is 4.02. The summed E-state index contributed by atoms with van der Waals surface area (Å²) in [5.74, 6) is 5.96. The Bertz CT molecular complexity index is 2080. The van der Waals surface area contributed by atoms with Gasteiger partial charge in [0.05, 0.1) is 0 Å². The van der Waals surface area contributed by atoms with E-state index in [1.54, 1.807) is 0 Å². The molecule has 2 unspecified atom stereocenters. The Kier molecular flexibility index (Phi) is 12.2. The fourth-order valence-corrected chi connectivity index (χ4v) is 16.6. The minimum atomic E-state index is -0.106. The van der Waals surface area contributed by atoms with Crippen LogP contribution in [0.4, 0.5) is 21.0 Å². The molecule has 6 saturated carbocycles. The normalized spacial score (nSPS) is 40.5. The molecule has 0 aromatic heterocycles. The monoisotopic (exact) mass is 873 g/mol. The predicted octanol–water partition coefficient (Wildman–Crippen LogP) is 10.4. The summed E-state index contributed by atoms with van der Waals surface area (Å²) >= 11 is 0. The van der Waals surface area contributed by atoms with E-state index in [4.69, 9.17) is 0 Å². The second-order valence-electron chi connectivity index (χ2n) is 22.6. The van der Waals surface area contributed by atoms with E-state index >= 15 is 0 Å². The SMILES string of the molecule is CN1C(=O)C=C[C@]2(C)[C@H]3CC[C@]4(C)C(CNC(=O)Nc5ccccc5)CC[C@H]4[C@@H]3CC[C@@H]12.CN1C(=O)CC[C@]2(C)[C@H]3CC[C@]4(C)C(CNC(=O)Nc5ccccc5)CC[C@H]4[C@@H]3CC[C@@H]12. The highest BCUT2D eigenvalue weighted by Crippen LogP contribution is 2.67. The zero-order valence-corrected chi connectivity index (χ0v) is 39.5. The number of urea groups is 2. The third-order valence-electron chi connectivity index (χ3n) is 20.2. The first-order chi connectivity index (χ1) is 30.7. The number of carbonyl (C=O) groups excluding carboxylic acids is 4. The number of nitrogens with one attached hydrogen (secondary N) is 4. The minimum Gasteiger partial charge on any atom is -0.342 e. The van der Waals surface area contributed by atoms with Crippen molar-refractivity contribution in [1.29, 1.82) is 0 Å². The number of hydrogen-bond acceptors (Lipinski definition) is 4. The molecule has 10 rings (SSSR count). The Hall–Kier alpha value is -4.34. The highest BCUT2D eigenvalue weighted by Gasteiger charge is 2.62. The number of rotatable bonds is 6. The van der Waals surface area contributed by atoms with Gasteiger partial charge in [-0.15, -0.1) is 0 Å². The second-order valence-corrected chi connectivity index (χ2v) is 22.6. The van der Waals surface area contributed by atoms with E-state index in [0.29, 0.717) is 46.6 Å². The van der Waals surface area contributed by atoms with Crippen LogP contribution in [0.5, 0.6) is 0 Å². The van der Waals surface area contributed by atoms with Crippen molar-refractivity contribution in [2.75, 3.05) is 37.8 Å². The summed E-state index contributed by atoms with van der Waals surface area (Å²) in [5.41, 5.74) is 2.65. The van der Waals surface area contributed by atoms with Crippen LogP contribution in [0.25, 0.3) is 0 Å². The number of para-hydroxylation sites is 2. The summed E-state index contributed by atoms with van der Waals surface area (Å²) in [6, 6.07) is 19.9. The molecule has 2 aromatic carbocycles. The van der Waals surface area contributed by atoms with Crippen LogP contribution >= 0.6 is 0 Å². The molecule has 0 spiro atoms. The molecule has 6 aliphatic carbocycles. The van der Waals surface area contributed by atoms with E-state index in [1.165, 1.54) is 64.2 Å². The van der Waals surface area contributed by atoms with Crippen molar-refractivity contribution in [3.05, 3.63) is 72.8 Å². The number of piperidine rings is 1. The summed E-state index contributed by atoms with van der Waals surface area (Å²) < 4.78 is 0. The van der Waals surface area contributed by atoms with Crippen LogP contribution in [0.3, 0.4) is 0 Å². The van der Waals surface area contributed by atoms with Crippen molar-refractivity contribution < 1.29 is 19.2 Å². The number of fused-ring (bicyclic) bond motifs is 10. The van der Waals surface area contributed by atoms with Gasteiger partial charge in [-0.05, 0) is 177 Å². The fourth-order valence-electron chi connectivity index (χ4n) is 16.6. The minimum absolute atomic E-state index is 0.0960. The first-order valence-electron chi connectivity index (χ1n) is 25.1. The summed E-state index contributed by atoms with van der Waals surface area (Å²) in [4.78, 5) is 53.6. The Morgan fingerprint density at radius 3 is 1.59 bits per heavy atom. The molecule has 8 aliphatic rings. The predicted molar refractivity (Wildman–Crippen MR) is 254 cm³/mol. The third kappa shape index (κ3) is 7.84. The van der Waals surface area contributed by atoms with Gasteiger partial charge in [0.1, 0.15) is 0 Å². The molecule has 10 heteroatoms. The molecule has 10 nitrogen and oxygen atoms in total. The molecule has 6 amide bonds. The number of amides is 6. The maximum absolute atomic E-state index is 12.5. The van der Waals surface area contributed by atoms with Crippen molar-refractivity contribution in [3.63, 3.8) is 0 Å². The maximum Gasteiger partial charge on any atom is 0.319 e. The summed E-state index contributed by atoms with van der Waals surface area (Å²) in [5, 5.41) is 12.2. The van der Waals surface area contributed by atoms with Crippen molar-refractivity contribution >= 4 is 35.3 Å². The molecule has 7 fully saturated rings. The highest BCUT2D eigenvalue weighted by atomic mass is 16.2. The van der Waals surface area contributed by atoms with E-state index in [-0.39, 0.29) is 28.8 Å². The Morgan fingerprint density at radius 2 is 1.05 bits per heavy atom. The van der Waals surface area contributed by atoms with E-state index in [2.05, 4.69) is 59.9 Å². The van der Waals surface area contributed by atoms with Crippen LogP contribution in [-0.4, -0.2) is 72.9 Å². The van der Waals surface area contributed by atoms with Crippen molar-refractivity contribution in [1.82, 2.24) is 20.4 Å². The first kappa shape index (κ1) is 44.8. The van der Waals surface area contributed by atoms with Crippen molar-refractivity contribution in [2.24, 2.45) is 69.0 Å². The van der Waals surface area contributed by atoms with Gasteiger partial charge in [0.2, 0.25) is 11.8 Å². The highest BCUT2D eigenvalue weighted by molar-refractivity contribution is 5.90. The molecular weight excluding hydrogens is 797 g/mol. The zero-order valence-electron chi connectivity index (χ0n) is 39.5. The zero-order chi connectivity index (χ0) is 45.0. The van der Waals surface area contributed by atoms with Crippen LogP contribution < -0.4 is 21.3 Å². The lowest BCUT2D eigenvalue weighted by molar-refractivity contribution is -0.158. The van der Waals surface area contributed by atoms with Gasteiger partial charge in [0.25, 0.3) is 0 Å². The van der Waals surface area contributed by atoms with E-state index in [1.807, 2.05) is 85.7 Å². The van der Waals surface area contributed by atoms with Crippen LogP contribution in [0.1, 0.15) is 118 Å². The van der Waals surface area contributed by atoms with Crippen LogP contribution in [0.15, 0.2) is 72.8 Å². The molecule has 14 atom stereocenters. The largest absolute Gasteiger partial charge is 0.342 e. The molecular formula is C54H76N6O4. The number of likely N-dealkylation sites (tertiary alicyclic amines) is 1. The van der Waals surface area contributed by atoms with Gasteiger partial charge >= 0.3 is 12.1 Å². The number of likely N-dealkylation sites (N-methyl/N-ethyl adjacent to an activating group) is 1. The molecule has 346 valence electrons. The number of anilines is 2. The molecule has 2 heterocycles. The second kappa shape index (κ2) is 17.5. The molecule has 2 aliphatic heterocycles. The van der Waals surface area contributed by atoms with Gasteiger partial charge in [-0.2, -0.15) is 0 Å². The first-order valence-corrected chi connectivity index (χ1v) is 25.1. The smallest absolute Gasteiger partial charge is 0.319 e. The standard InChI is InChI=1S/C27H39N3O2.C27H37N3O2/c2*1-26-15-13-22-20(10-12-23-27(22,2)16-14-24(31)30(23)3)21(26)11-9-18(26)17-28-25(32)29-19-7-5-4-6-8-19/h4-8,18,20-23H,9-17H2,1-3H3,(H2,28,29,32);4-8,14,16,18,20-23H,9-13,15,17H2,1-3H3,(H2,28,29,32)/t2*18?,20-,21-,22-,23+,26+,27+/m00/s1. The molecule has 1 saturated heterocycles. The van der Waals surface area contributed by atoms with Gasteiger partial charge in [-0.25, -0.2) is 9.59 Å². The lowest BCUT2D eigenvalue weighted by atomic mass is 9.47. The molecule has 0 radical (unpaired) electrons. The van der Waals surface area contributed by atoms with Crippen LogP contribution in [0.2, 0.25) is 0 Å². The van der Waals surface area contributed by atoms with E-state index < -0.39 is 0 Å². The Labute approximate surface area is 382 Å². The Morgan fingerprint density at radius 1 is 0.562 bits per heavy atom. The number of benzene rings is 2. The lowest BCUT2D eigenvalue weighted by Crippen LogP contribution is -2.61. The average molecular weight is 873 g/mol.